The van der Waals surface area contributed by atoms with Crippen molar-refractivity contribution in [2.75, 3.05) is 13.2 Å². The molecule has 2 aromatic rings. The van der Waals surface area contributed by atoms with Crippen LogP contribution in [0.2, 0.25) is 0 Å². The molecule has 1 saturated carbocycles. The smallest absolute Gasteiger partial charge is 0.252 e. The van der Waals surface area contributed by atoms with Crippen molar-refractivity contribution in [3.8, 4) is 0 Å². The van der Waals surface area contributed by atoms with Gasteiger partial charge in [0.1, 0.15) is 0 Å². The van der Waals surface area contributed by atoms with Gasteiger partial charge in [0.15, 0.2) is 0 Å². The highest BCUT2D eigenvalue weighted by Crippen LogP contribution is 2.47. The van der Waals surface area contributed by atoms with Crippen molar-refractivity contribution < 1.29 is 9.90 Å². The third-order valence-corrected chi connectivity index (χ3v) is 4.22. The van der Waals surface area contributed by atoms with E-state index in [9.17, 15) is 9.59 Å². The summed E-state index contributed by atoms with van der Waals surface area (Å²) in [7, 11) is 0. The maximum Gasteiger partial charge on any atom is 0.252 e. The van der Waals surface area contributed by atoms with Gasteiger partial charge in [-0.2, -0.15) is 0 Å². The Morgan fingerprint density at radius 2 is 2.10 bits per heavy atom. The Bertz CT molecular complexity index is 732. The molecule has 5 heteroatoms. The minimum absolute atomic E-state index is 0.0570. The highest BCUT2D eigenvalue weighted by Gasteiger charge is 2.41. The monoisotopic (exact) mass is 286 g/mol. The number of para-hydroxylation sites is 1. The SMILES string of the molecule is O=C(NCC1(CCO)CC1)c1cc(=O)[nH]c2ccccc12. The highest BCUT2D eigenvalue weighted by atomic mass is 16.3. The van der Waals surface area contributed by atoms with E-state index >= 15 is 0 Å². The fraction of sp³-hybridized carbons (Fsp3) is 0.375. The molecule has 1 aliphatic carbocycles. The lowest BCUT2D eigenvalue weighted by atomic mass is 10.0. The lowest BCUT2D eigenvalue weighted by molar-refractivity contribution is 0.0942. The largest absolute Gasteiger partial charge is 0.396 e. The van der Waals surface area contributed by atoms with Crippen LogP contribution in [0, 0.1) is 5.41 Å². The van der Waals surface area contributed by atoms with Gasteiger partial charge in [0.05, 0.1) is 5.56 Å². The van der Waals surface area contributed by atoms with E-state index in [0.717, 1.165) is 18.2 Å². The predicted molar refractivity (Wildman–Crippen MR) is 80.3 cm³/mol. The van der Waals surface area contributed by atoms with E-state index in [2.05, 4.69) is 10.3 Å². The number of aromatic nitrogens is 1. The summed E-state index contributed by atoms with van der Waals surface area (Å²) in [6, 6.07) is 8.59. The van der Waals surface area contributed by atoms with E-state index < -0.39 is 0 Å². The molecular weight excluding hydrogens is 268 g/mol. The Morgan fingerprint density at radius 3 is 2.81 bits per heavy atom. The van der Waals surface area contributed by atoms with Crippen LogP contribution in [0.1, 0.15) is 29.6 Å². The number of aliphatic hydroxyl groups excluding tert-OH is 1. The van der Waals surface area contributed by atoms with Crippen LogP contribution in [-0.4, -0.2) is 29.1 Å². The second kappa shape index (κ2) is 5.33. The van der Waals surface area contributed by atoms with E-state index in [1.54, 1.807) is 6.07 Å². The summed E-state index contributed by atoms with van der Waals surface area (Å²) < 4.78 is 0. The maximum absolute atomic E-state index is 12.4. The van der Waals surface area contributed by atoms with E-state index in [1.807, 2.05) is 18.2 Å². The first kappa shape index (κ1) is 13.8. The Morgan fingerprint density at radius 1 is 1.33 bits per heavy atom. The van der Waals surface area contributed by atoms with E-state index in [1.165, 1.54) is 6.07 Å². The zero-order valence-electron chi connectivity index (χ0n) is 11.7. The third kappa shape index (κ3) is 2.83. The van der Waals surface area contributed by atoms with Crippen LogP contribution < -0.4 is 10.9 Å². The normalized spacial score (nSPS) is 15.9. The average molecular weight is 286 g/mol. The highest BCUT2D eigenvalue weighted by molar-refractivity contribution is 6.05. The number of carbonyl (C=O) groups is 1. The molecule has 110 valence electrons. The van der Waals surface area contributed by atoms with Crippen LogP contribution in [0.25, 0.3) is 10.9 Å². The van der Waals surface area contributed by atoms with E-state index in [0.29, 0.717) is 24.0 Å². The van der Waals surface area contributed by atoms with Gasteiger partial charge in [0.25, 0.3) is 5.91 Å². The van der Waals surface area contributed by atoms with Crippen molar-refractivity contribution in [2.45, 2.75) is 19.3 Å². The molecule has 0 saturated heterocycles. The quantitative estimate of drug-likeness (QED) is 0.777. The van der Waals surface area contributed by atoms with Crippen LogP contribution in [-0.2, 0) is 0 Å². The average Bonchev–Trinajstić information content (AvgIpc) is 3.24. The van der Waals surface area contributed by atoms with Crippen molar-refractivity contribution in [3.63, 3.8) is 0 Å². The molecule has 21 heavy (non-hydrogen) atoms. The molecule has 1 fully saturated rings. The molecule has 3 N–H and O–H groups in total. The topological polar surface area (TPSA) is 82.2 Å². The zero-order valence-corrected chi connectivity index (χ0v) is 11.7. The Balaban J connectivity index is 1.83. The number of pyridine rings is 1. The number of H-pyrrole nitrogens is 1. The number of fused-ring (bicyclic) bond motifs is 1. The molecular formula is C16H18N2O3. The molecule has 1 aliphatic rings. The summed E-state index contributed by atoms with van der Waals surface area (Å²) in [5.74, 6) is -0.235. The fourth-order valence-electron chi connectivity index (χ4n) is 2.68. The predicted octanol–water partition coefficient (Wildman–Crippen LogP) is 1.42. The third-order valence-electron chi connectivity index (χ3n) is 4.22. The first-order chi connectivity index (χ1) is 10.1. The number of rotatable bonds is 5. The zero-order chi connectivity index (χ0) is 14.9. The molecule has 3 rings (SSSR count). The summed E-state index contributed by atoms with van der Waals surface area (Å²) >= 11 is 0. The van der Waals surface area contributed by atoms with Crippen molar-refractivity contribution in [3.05, 3.63) is 46.2 Å². The lowest BCUT2D eigenvalue weighted by Gasteiger charge is -2.15. The summed E-state index contributed by atoms with van der Waals surface area (Å²) in [6.45, 7) is 0.692. The Hall–Kier alpha value is -2.14. The lowest BCUT2D eigenvalue weighted by Crippen LogP contribution is -2.31. The molecule has 0 radical (unpaired) electrons. The fourth-order valence-corrected chi connectivity index (χ4v) is 2.68. The van der Waals surface area contributed by atoms with Crippen molar-refractivity contribution in [1.82, 2.24) is 10.3 Å². The van der Waals surface area contributed by atoms with Gasteiger partial charge in [0, 0.05) is 30.1 Å². The molecule has 1 aromatic heterocycles. The number of nitrogens with one attached hydrogen (secondary N) is 2. The minimum atomic E-state index is -0.282. The van der Waals surface area contributed by atoms with Gasteiger partial charge in [-0.1, -0.05) is 18.2 Å². The molecule has 0 unspecified atom stereocenters. The van der Waals surface area contributed by atoms with Crippen LogP contribution in [0.4, 0.5) is 0 Å². The number of hydrogen-bond acceptors (Lipinski definition) is 3. The first-order valence-corrected chi connectivity index (χ1v) is 7.15. The molecule has 5 nitrogen and oxygen atoms in total. The summed E-state index contributed by atoms with van der Waals surface area (Å²) in [5, 5.41) is 12.7. The van der Waals surface area contributed by atoms with Gasteiger partial charge in [-0.15, -0.1) is 0 Å². The van der Waals surface area contributed by atoms with Gasteiger partial charge >= 0.3 is 0 Å². The van der Waals surface area contributed by atoms with E-state index in [4.69, 9.17) is 5.11 Å². The molecule has 0 atom stereocenters. The van der Waals surface area contributed by atoms with Crippen LogP contribution in [0.5, 0.6) is 0 Å². The number of benzene rings is 1. The standard InChI is InChI=1S/C16H18N2O3/c19-8-7-16(5-6-16)10-17-15(21)12-9-14(20)18-13-4-2-1-3-11(12)13/h1-4,9,19H,5-8,10H2,(H,17,21)(H,18,20). The van der Waals surface area contributed by atoms with Gasteiger partial charge < -0.3 is 15.4 Å². The molecule has 0 bridgehead atoms. The molecule has 1 heterocycles. The summed E-state index contributed by atoms with van der Waals surface area (Å²) in [6.07, 6.45) is 2.78. The number of aliphatic hydroxyl groups is 1. The molecule has 1 amide bonds. The van der Waals surface area contributed by atoms with E-state index in [-0.39, 0.29) is 23.5 Å². The van der Waals surface area contributed by atoms with Gasteiger partial charge in [-0.25, -0.2) is 0 Å². The van der Waals surface area contributed by atoms with Gasteiger partial charge in [0.2, 0.25) is 5.56 Å². The van der Waals surface area contributed by atoms with Gasteiger partial charge in [-0.3, -0.25) is 9.59 Å². The summed E-state index contributed by atoms with van der Waals surface area (Å²) in [5.41, 5.74) is 0.831. The Labute approximate surface area is 122 Å². The van der Waals surface area contributed by atoms with Crippen molar-refractivity contribution in [2.24, 2.45) is 5.41 Å². The summed E-state index contributed by atoms with van der Waals surface area (Å²) in [4.78, 5) is 26.7. The number of carbonyl (C=O) groups excluding carboxylic acids is 1. The Kier molecular flexibility index (Phi) is 3.51. The van der Waals surface area contributed by atoms with Crippen LogP contribution >= 0.6 is 0 Å². The number of amides is 1. The van der Waals surface area contributed by atoms with Crippen molar-refractivity contribution >= 4 is 16.8 Å². The number of hydrogen-bond donors (Lipinski definition) is 3. The number of aromatic amines is 1. The minimum Gasteiger partial charge on any atom is -0.396 e. The molecule has 0 spiro atoms. The van der Waals surface area contributed by atoms with Crippen LogP contribution in [0.15, 0.2) is 35.1 Å². The second-order valence-electron chi connectivity index (χ2n) is 5.75. The molecule has 0 aliphatic heterocycles. The van der Waals surface area contributed by atoms with Crippen molar-refractivity contribution in [1.29, 1.82) is 0 Å². The maximum atomic E-state index is 12.4. The van der Waals surface area contributed by atoms with Gasteiger partial charge in [-0.05, 0) is 30.7 Å². The first-order valence-electron chi connectivity index (χ1n) is 7.15. The molecule has 1 aromatic carbocycles. The van der Waals surface area contributed by atoms with Crippen LogP contribution in [0.3, 0.4) is 0 Å². The second-order valence-corrected chi connectivity index (χ2v) is 5.75.